The van der Waals surface area contributed by atoms with Crippen molar-refractivity contribution in [1.29, 1.82) is 0 Å². The molecule has 2 aromatic heterocycles. The lowest BCUT2D eigenvalue weighted by atomic mass is 10.1. The summed E-state index contributed by atoms with van der Waals surface area (Å²) in [6.45, 7) is 5.26. The van der Waals surface area contributed by atoms with Gasteiger partial charge >= 0.3 is 6.18 Å². The number of hydrogen-bond acceptors (Lipinski definition) is 3. The Labute approximate surface area is 151 Å². The Morgan fingerprint density at radius 1 is 1.36 bits per heavy atom. The summed E-state index contributed by atoms with van der Waals surface area (Å²) in [6, 6.07) is -0.239. The third kappa shape index (κ3) is 4.42. The normalized spacial score (nSPS) is 13.1. The number of carbonyl (C=O) groups is 1. The maximum absolute atomic E-state index is 12.8. The molecule has 1 N–H and O–H groups in total. The van der Waals surface area contributed by atoms with Crippen molar-refractivity contribution in [2.45, 2.75) is 46.0 Å². The molecule has 2 heterocycles. The van der Waals surface area contributed by atoms with E-state index in [0.29, 0.717) is 5.69 Å². The second-order valence-corrected chi connectivity index (χ2v) is 6.64. The van der Waals surface area contributed by atoms with Crippen LogP contribution in [-0.4, -0.2) is 25.5 Å². The van der Waals surface area contributed by atoms with Crippen LogP contribution in [0.15, 0.2) is 10.7 Å². The van der Waals surface area contributed by atoms with Gasteiger partial charge < -0.3 is 5.32 Å². The predicted octanol–water partition coefficient (Wildman–Crippen LogP) is 3.28. The molecule has 138 valence electrons. The van der Waals surface area contributed by atoms with Gasteiger partial charge in [0, 0.05) is 25.2 Å². The molecule has 0 spiro atoms. The third-order valence-electron chi connectivity index (χ3n) is 3.85. The molecule has 0 aliphatic heterocycles. The summed E-state index contributed by atoms with van der Waals surface area (Å²) in [5.41, 5.74) is 1.06. The second kappa shape index (κ2) is 7.19. The quantitative estimate of drug-likeness (QED) is 0.805. The molecule has 1 atom stereocenters. The maximum Gasteiger partial charge on any atom is 0.436 e. The first-order valence-corrected chi connectivity index (χ1v) is 8.39. The third-order valence-corrected chi connectivity index (χ3v) is 4.80. The predicted molar refractivity (Wildman–Crippen MR) is 88.8 cm³/mol. The van der Waals surface area contributed by atoms with Gasteiger partial charge in [0.1, 0.15) is 0 Å². The summed E-state index contributed by atoms with van der Waals surface area (Å²) in [5, 5.41) is 10.6. The molecule has 2 rings (SSSR count). The van der Waals surface area contributed by atoms with E-state index in [2.05, 4.69) is 31.4 Å². The van der Waals surface area contributed by atoms with Crippen LogP contribution in [0, 0.1) is 13.8 Å². The first-order chi connectivity index (χ1) is 11.5. The molecule has 0 fully saturated rings. The van der Waals surface area contributed by atoms with Crippen molar-refractivity contribution in [1.82, 2.24) is 24.9 Å². The minimum atomic E-state index is -4.54. The first kappa shape index (κ1) is 19.5. The van der Waals surface area contributed by atoms with Crippen molar-refractivity contribution in [2.75, 3.05) is 0 Å². The van der Waals surface area contributed by atoms with E-state index in [-0.39, 0.29) is 29.4 Å². The largest absolute Gasteiger partial charge is 0.436 e. The number of carbonyl (C=O) groups excluding carboxylic acids is 1. The van der Waals surface area contributed by atoms with Crippen molar-refractivity contribution in [3.05, 3.63) is 33.3 Å². The number of alkyl halides is 3. The second-order valence-electron chi connectivity index (χ2n) is 5.85. The Hall–Kier alpha value is -1.84. The number of hydrogen-bond donors (Lipinski definition) is 1. The average molecular weight is 422 g/mol. The number of aromatic nitrogens is 4. The zero-order chi connectivity index (χ0) is 18.9. The van der Waals surface area contributed by atoms with E-state index in [4.69, 9.17) is 0 Å². The average Bonchev–Trinajstić information content (AvgIpc) is 2.97. The fraction of sp³-hybridized carbons (Fsp3) is 0.533. The van der Waals surface area contributed by atoms with E-state index in [1.54, 1.807) is 11.7 Å². The molecule has 0 aromatic carbocycles. The standard InChI is InChI=1S/C15H19BrF3N5O/c1-8(11-7-23(4)21-9(11)2)20-12(25)5-6-24-10(3)13(16)14(22-24)15(17,18)19/h7-8H,5-6H2,1-4H3,(H,20,25). The van der Waals surface area contributed by atoms with Crippen LogP contribution >= 0.6 is 15.9 Å². The lowest BCUT2D eigenvalue weighted by Gasteiger charge is -2.13. The van der Waals surface area contributed by atoms with Gasteiger partial charge in [-0.3, -0.25) is 14.2 Å². The summed E-state index contributed by atoms with van der Waals surface area (Å²) < 4.78 is 41.3. The summed E-state index contributed by atoms with van der Waals surface area (Å²) in [7, 11) is 1.79. The smallest absolute Gasteiger partial charge is 0.349 e. The number of rotatable bonds is 5. The molecule has 1 amide bonds. The van der Waals surface area contributed by atoms with Gasteiger partial charge in [0.2, 0.25) is 5.91 Å². The van der Waals surface area contributed by atoms with Crippen LogP contribution in [0.25, 0.3) is 0 Å². The molecular weight excluding hydrogens is 403 g/mol. The SMILES string of the molecule is Cc1nn(C)cc1C(C)NC(=O)CCn1nc(C(F)(F)F)c(Br)c1C. The molecule has 0 radical (unpaired) electrons. The van der Waals surface area contributed by atoms with Gasteiger partial charge in [-0.05, 0) is 36.7 Å². The lowest BCUT2D eigenvalue weighted by Crippen LogP contribution is -2.28. The van der Waals surface area contributed by atoms with Gasteiger partial charge in [0.25, 0.3) is 0 Å². The van der Waals surface area contributed by atoms with E-state index < -0.39 is 11.9 Å². The molecule has 2 aromatic rings. The highest BCUT2D eigenvalue weighted by atomic mass is 79.9. The highest BCUT2D eigenvalue weighted by Crippen LogP contribution is 2.35. The van der Waals surface area contributed by atoms with Gasteiger partial charge in [0.15, 0.2) is 5.69 Å². The maximum atomic E-state index is 12.8. The minimum Gasteiger partial charge on any atom is -0.349 e. The fourth-order valence-corrected chi connectivity index (χ4v) is 3.07. The molecule has 0 saturated carbocycles. The van der Waals surface area contributed by atoms with E-state index in [1.807, 2.05) is 20.0 Å². The topological polar surface area (TPSA) is 64.7 Å². The summed E-state index contributed by atoms with van der Waals surface area (Å²) in [6.07, 6.45) is -2.69. The van der Waals surface area contributed by atoms with Crippen LogP contribution in [0.4, 0.5) is 13.2 Å². The Bertz CT molecular complexity index is 781. The highest BCUT2D eigenvalue weighted by molar-refractivity contribution is 9.10. The Balaban J connectivity index is 2.00. The van der Waals surface area contributed by atoms with Crippen molar-refractivity contribution >= 4 is 21.8 Å². The molecule has 10 heteroatoms. The van der Waals surface area contributed by atoms with Gasteiger partial charge in [-0.1, -0.05) is 0 Å². The molecular formula is C15H19BrF3N5O. The number of nitrogens with zero attached hydrogens (tertiary/aromatic N) is 4. The molecule has 0 aliphatic rings. The van der Waals surface area contributed by atoms with Crippen molar-refractivity contribution in [3.63, 3.8) is 0 Å². The van der Waals surface area contributed by atoms with Crippen molar-refractivity contribution in [3.8, 4) is 0 Å². The number of aryl methyl sites for hydroxylation is 3. The minimum absolute atomic E-state index is 0.0237. The van der Waals surface area contributed by atoms with Crippen LogP contribution in [0.5, 0.6) is 0 Å². The monoisotopic (exact) mass is 421 g/mol. The van der Waals surface area contributed by atoms with Gasteiger partial charge in [-0.15, -0.1) is 0 Å². The van der Waals surface area contributed by atoms with E-state index in [1.165, 1.54) is 11.6 Å². The number of amides is 1. The van der Waals surface area contributed by atoms with E-state index >= 15 is 0 Å². The Morgan fingerprint density at radius 2 is 2.00 bits per heavy atom. The summed E-state index contributed by atoms with van der Waals surface area (Å²) >= 11 is 2.91. The van der Waals surface area contributed by atoms with Crippen LogP contribution in [0.1, 0.15) is 42.0 Å². The number of halogens is 4. The lowest BCUT2D eigenvalue weighted by molar-refractivity contribution is -0.142. The van der Waals surface area contributed by atoms with Gasteiger partial charge in [-0.25, -0.2) is 0 Å². The Kier molecular flexibility index (Phi) is 5.60. The van der Waals surface area contributed by atoms with Crippen LogP contribution in [-0.2, 0) is 24.6 Å². The van der Waals surface area contributed by atoms with Crippen LogP contribution in [0.3, 0.4) is 0 Å². The van der Waals surface area contributed by atoms with Crippen LogP contribution < -0.4 is 5.32 Å². The first-order valence-electron chi connectivity index (χ1n) is 7.60. The van der Waals surface area contributed by atoms with Gasteiger partial charge in [0.05, 0.1) is 28.4 Å². The zero-order valence-corrected chi connectivity index (χ0v) is 15.9. The molecule has 0 bridgehead atoms. The zero-order valence-electron chi connectivity index (χ0n) is 14.3. The molecule has 0 saturated heterocycles. The summed E-state index contributed by atoms with van der Waals surface area (Å²) in [5.74, 6) is -0.268. The Morgan fingerprint density at radius 3 is 2.48 bits per heavy atom. The molecule has 25 heavy (non-hydrogen) atoms. The van der Waals surface area contributed by atoms with Crippen molar-refractivity contribution < 1.29 is 18.0 Å². The highest BCUT2D eigenvalue weighted by Gasteiger charge is 2.37. The van der Waals surface area contributed by atoms with Gasteiger partial charge in [-0.2, -0.15) is 23.4 Å². The molecule has 6 nitrogen and oxygen atoms in total. The molecule has 1 unspecified atom stereocenters. The van der Waals surface area contributed by atoms with Crippen molar-refractivity contribution in [2.24, 2.45) is 7.05 Å². The van der Waals surface area contributed by atoms with E-state index in [9.17, 15) is 18.0 Å². The van der Waals surface area contributed by atoms with Crippen LogP contribution in [0.2, 0.25) is 0 Å². The fourth-order valence-electron chi connectivity index (χ4n) is 2.56. The number of nitrogens with one attached hydrogen (secondary N) is 1. The summed E-state index contributed by atoms with van der Waals surface area (Å²) in [4.78, 5) is 12.1. The van der Waals surface area contributed by atoms with E-state index in [0.717, 1.165) is 11.3 Å². The molecule has 0 aliphatic carbocycles.